The van der Waals surface area contributed by atoms with Crippen molar-refractivity contribution in [1.82, 2.24) is 0 Å². The average Bonchev–Trinajstić information content (AvgIpc) is 3.00. The van der Waals surface area contributed by atoms with Gasteiger partial charge in [0.1, 0.15) is 12.4 Å². The third kappa shape index (κ3) is 4.00. The summed E-state index contributed by atoms with van der Waals surface area (Å²) in [6.45, 7) is 6.40. The van der Waals surface area contributed by atoms with Gasteiger partial charge in [-0.15, -0.1) is 0 Å². The Hall–Kier alpha value is -2.50. The first kappa shape index (κ1) is 19.8. The first-order valence-corrected chi connectivity index (χ1v) is 8.82. The minimum absolute atomic E-state index is 0.190. The summed E-state index contributed by atoms with van der Waals surface area (Å²) in [6.07, 6.45) is 3.66. The predicted octanol–water partition coefficient (Wildman–Crippen LogP) is 3.55. The lowest BCUT2D eigenvalue weighted by Gasteiger charge is -2.18. The van der Waals surface area contributed by atoms with Crippen molar-refractivity contribution >= 4 is 17.6 Å². The Labute approximate surface area is 154 Å². The van der Waals surface area contributed by atoms with Gasteiger partial charge in [-0.25, -0.2) is 4.79 Å². The Morgan fingerprint density at radius 2 is 2.08 bits per heavy atom. The van der Waals surface area contributed by atoms with Gasteiger partial charge in [-0.1, -0.05) is 11.6 Å². The molecule has 0 saturated carbocycles. The number of ether oxygens (including phenoxy) is 3. The van der Waals surface area contributed by atoms with Crippen molar-refractivity contribution in [2.75, 3.05) is 26.1 Å². The lowest BCUT2D eigenvalue weighted by atomic mass is 9.93. The number of allylic oxidation sites excluding steroid dienone is 2. The first-order valence-electron chi connectivity index (χ1n) is 8.82. The zero-order chi connectivity index (χ0) is 19.3. The maximum atomic E-state index is 12.2. The first-order chi connectivity index (χ1) is 12.4. The number of carbonyl (C=O) groups excluding carboxylic acids is 2. The van der Waals surface area contributed by atoms with Gasteiger partial charge in [-0.05, 0) is 39.2 Å². The van der Waals surface area contributed by atoms with Gasteiger partial charge in [0.2, 0.25) is 0 Å². The molecule has 142 valence electrons. The number of cyclic esters (lactones) is 1. The largest absolute Gasteiger partial charge is 0.496 e. The van der Waals surface area contributed by atoms with Crippen LogP contribution in [0.4, 0.5) is 5.69 Å². The molecule has 26 heavy (non-hydrogen) atoms. The normalized spacial score (nSPS) is 13.3. The van der Waals surface area contributed by atoms with Crippen molar-refractivity contribution in [2.45, 2.75) is 46.6 Å². The highest BCUT2D eigenvalue weighted by atomic mass is 16.5. The second kappa shape index (κ2) is 8.74. The second-order valence-corrected chi connectivity index (χ2v) is 6.25. The molecule has 0 radical (unpaired) electrons. The molecular weight excluding hydrogens is 334 g/mol. The molecule has 0 unspecified atom stereocenters. The zero-order valence-corrected chi connectivity index (χ0v) is 16.2. The molecule has 1 N–H and O–H groups in total. The number of fused-ring (bicyclic) bond motifs is 1. The molecule has 0 bridgehead atoms. The molecule has 0 saturated heterocycles. The van der Waals surface area contributed by atoms with Crippen molar-refractivity contribution in [1.29, 1.82) is 0 Å². The van der Waals surface area contributed by atoms with Gasteiger partial charge in [-0.3, -0.25) is 4.79 Å². The molecule has 0 fully saturated rings. The van der Waals surface area contributed by atoms with Gasteiger partial charge in [0.25, 0.3) is 0 Å². The lowest BCUT2D eigenvalue weighted by Crippen LogP contribution is -2.08. The molecule has 1 aromatic rings. The lowest BCUT2D eigenvalue weighted by molar-refractivity contribution is -0.143. The molecule has 0 amide bonds. The van der Waals surface area contributed by atoms with Crippen molar-refractivity contribution in [2.24, 2.45) is 0 Å². The number of rotatable bonds is 8. The van der Waals surface area contributed by atoms with Crippen molar-refractivity contribution in [3.8, 4) is 5.75 Å². The summed E-state index contributed by atoms with van der Waals surface area (Å²) in [5.41, 5.74) is 5.16. The summed E-state index contributed by atoms with van der Waals surface area (Å²) in [5.74, 6) is 0.269. The summed E-state index contributed by atoms with van der Waals surface area (Å²) in [4.78, 5) is 23.7. The van der Waals surface area contributed by atoms with Crippen LogP contribution in [0, 0.1) is 6.92 Å². The molecule has 0 spiro atoms. The van der Waals surface area contributed by atoms with Crippen LogP contribution < -0.4 is 10.1 Å². The Balaban J connectivity index is 2.30. The van der Waals surface area contributed by atoms with Crippen LogP contribution >= 0.6 is 0 Å². The number of nitrogens with one attached hydrogen (secondary N) is 1. The SMILES string of the molecule is CCOC(=O)CCC(C)=CCc1c(NC)c2c(c(C)c1OC)COC2=O. The Morgan fingerprint density at radius 1 is 1.35 bits per heavy atom. The fraction of sp³-hybridized carbons (Fsp3) is 0.500. The minimum atomic E-state index is -0.306. The van der Waals surface area contributed by atoms with E-state index in [4.69, 9.17) is 14.2 Å². The molecule has 0 aliphatic carbocycles. The second-order valence-electron chi connectivity index (χ2n) is 6.25. The zero-order valence-electron chi connectivity index (χ0n) is 16.2. The van der Waals surface area contributed by atoms with E-state index in [1.54, 1.807) is 21.1 Å². The van der Waals surface area contributed by atoms with E-state index in [0.717, 1.165) is 33.7 Å². The van der Waals surface area contributed by atoms with E-state index in [-0.39, 0.29) is 18.5 Å². The highest BCUT2D eigenvalue weighted by molar-refractivity contribution is 6.01. The number of hydrogen-bond acceptors (Lipinski definition) is 6. The summed E-state index contributed by atoms with van der Waals surface area (Å²) in [6, 6.07) is 0. The fourth-order valence-corrected chi connectivity index (χ4v) is 3.24. The number of benzene rings is 1. The Bertz CT molecular complexity index is 736. The average molecular weight is 361 g/mol. The van der Waals surface area contributed by atoms with E-state index in [9.17, 15) is 9.59 Å². The van der Waals surface area contributed by atoms with E-state index < -0.39 is 0 Å². The maximum absolute atomic E-state index is 12.2. The summed E-state index contributed by atoms with van der Waals surface area (Å²) < 4.78 is 15.8. The highest BCUT2D eigenvalue weighted by Crippen LogP contribution is 2.41. The summed E-state index contributed by atoms with van der Waals surface area (Å²) in [5, 5.41) is 3.13. The summed E-state index contributed by atoms with van der Waals surface area (Å²) in [7, 11) is 3.42. The van der Waals surface area contributed by atoms with Gasteiger partial charge >= 0.3 is 11.9 Å². The number of esters is 2. The van der Waals surface area contributed by atoms with Crippen LogP contribution in [0.5, 0.6) is 5.75 Å². The summed E-state index contributed by atoms with van der Waals surface area (Å²) >= 11 is 0. The van der Waals surface area contributed by atoms with Crippen LogP contribution in [0.3, 0.4) is 0 Å². The van der Waals surface area contributed by atoms with Crippen LogP contribution in [-0.4, -0.2) is 32.7 Å². The molecule has 6 nitrogen and oxygen atoms in total. The van der Waals surface area contributed by atoms with Crippen LogP contribution in [0.25, 0.3) is 0 Å². The topological polar surface area (TPSA) is 73.9 Å². The smallest absolute Gasteiger partial charge is 0.341 e. The van der Waals surface area contributed by atoms with Gasteiger partial charge in [0.05, 0.1) is 25.0 Å². The van der Waals surface area contributed by atoms with Gasteiger partial charge in [0.15, 0.2) is 0 Å². The third-order valence-corrected chi connectivity index (χ3v) is 4.61. The van der Waals surface area contributed by atoms with Crippen LogP contribution in [0.2, 0.25) is 0 Å². The molecule has 0 atom stereocenters. The van der Waals surface area contributed by atoms with Crippen molar-refractivity contribution in [3.63, 3.8) is 0 Å². The molecule has 0 aromatic heterocycles. The van der Waals surface area contributed by atoms with Crippen molar-refractivity contribution < 1.29 is 23.8 Å². The highest BCUT2D eigenvalue weighted by Gasteiger charge is 2.31. The standard InChI is InChI=1S/C20H27NO5/c1-6-25-16(22)10-8-12(2)7-9-14-18(21-4)17-15(11-26-20(17)23)13(3)19(14)24-5/h7,21H,6,8-11H2,1-5H3. The van der Waals surface area contributed by atoms with E-state index in [1.807, 2.05) is 13.8 Å². The number of anilines is 1. The molecule has 1 aromatic carbocycles. The van der Waals surface area contributed by atoms with E-state index in [2.05, 4.69) is 11.4 Å². The van der Waals surface area contributed by atoms with E-state index >= 15 is 0 Å². The van der Waals surface area contributed by atoms with Crippen LogP contribution in [0.15, 0.2) is 11.6 Å². The number of hydrogen-bond donors (Lipinski definition) is 1. The monoisotopic (exact) mass is 361 g/mol. The molecule has 1 aliphatic heterocycles. The number of carbonyl (C=O) groups is 2. The Kier molecular flexibility index (Phi) is 6.66. The molecule has 6 heteroatoms. The fourth-order valence-electron chi connectivity index (χ4n) is 3.24. The number of methoxy groups -OCH3 is 1. The van der Waals surface area contributed by atoms with Crippen molar-refractivity contribution in [3.05, 3.63) is 33.9 Å². The van der Waals surface area contributed by atoms with Crippen LogP contribution in [-0.2, 0) is 27.3 Å². The molecule has 1 aliphatic rings. The molecule has 1 heterocycles. The quantitative estimate of drug-likeness (QED) is 0.564. The van der Waals surface area contributed by atoms with Crippen LogP contribution in [0.1, 0.15) is 53.7 Å². The van der Waals surface area contributed by atoms with E-state index in [1.165, 1.54) is 0 Å². The molecular formula is C20H27NO5. The Morgan fingerprint density at radius 3 is 2.69 bits per heavy atom. The third-order valence-electron chi connectivity index (χ3n) is 4.61. The van der Waals surface area contributed by atoms with E-state index in [0.29, 0.717) is 31.4 Å². The minimum Gasteiger partial charge on any atom is -0.496 e. The van der Waals surface area contributed by atoms with Gasteiger partial charge in [-0.2, -0.15) is 0 Å². The maximum Gasteiger partial charge on any atom is 0.341 e. The van der Waals surface area contributed by atoms with Gasteiger partial charge < -0.3 is 19.5 Å². The predicted molar refractivity (Wildman–Crippen MR) is 99.7 cm³/mol. The van der Waals surface area contributed by atoms with Gasteiger partial charge in [0, 0.05) is 24.6 Å². The molecule has 2 rings (SSSR count).